The van der Waals surface area contributed by atoms with Gasteiger partial charge in [-0.25, -0.2) is 0 Å². The van der Waals surface area contributed by atoms with Gasteiger partial charge in [0.1, 0.15) is 17.7 Å². The van der Waals surface area contributed by atoms with Crippen LogP contribution in [-0.2, 0) is 4.74 Å². The van der Waals surface area contributed by atoms with Gasteiger partial charge in [-0.1, -0.05) is 30.3 Å². The van der Waals surface area contributed by atoms with E-state index in [2.05, 4.69) is 33.3 Å². The van der Waals surface area contributed by atoms with Gasteiger partial charge in [-0.05, 0) is 31.9 Å². The molecule has 0 saturated carbocycles. The van der Waals surface area contributed by atoms with E-state index in [0.717, 1.165) is 16.8 Å². The Labute approximate surface area is 136 Å². The van der Waals surface area contributed by atoms with Gasteiger partial charge in [-0.2, -0.15) is 10.4 Å². The van der Waals surface area contributed by atoms with Crippen LogP contribution in [0.1, 0.15) is 35.4 Å². The van der Waals surface area contributed by atoms with Crippen LogP contribution in [0.2, 0.25) is 0 Å². The Morgan fingerprint density at radius 1 is 1.17 bits per heavy atom. The molecule has 2 atom stereocenters. The number of aryl methyl sites for hydroxylation is 1. The molecule has 1 aliphatic heterocycles. The van der Waals surface area contributed by atoms with Crippen LogP contribution in [0, 0.1) is 25.2 Å². The molecule has 1 saturated heterocycles. The summed E-state index contributed by atoms with van der Waals surface area (Å²) in [5.41, 5.74) is 3.44. The molecule has 0 bridgehead atoms. The molecule has 1 aliphatic rings. The number of nitriles is 1. The maximum Gasteiger partial charge on any atom is 0.169 e. The molecule has 2 heterocycles. The zero-order chi connectivity index (χ0) is 16.4. The molecule has 1 aromatic carbocycles. The van der Waals surface area contributed by atoms with Crippen LogP contribution in [0.15, 0.2) is 30.3 Å². The molecule has 0 radical (unpaired) electrons. The van der Waals surface area contributed by atoms with Crippen LogP contribution in [0.3, 0.4) is 0 Å². The van der Waals surface area contributed by atoms with E-state index in [4.69, 9.17) is 4.74 Å². The summed E-state index contributed by atoms with van der Waals surface area (Å²) >= 11 is 0. The molecule has 0 spiro atoms. The number of morpholine rings is 1. The Morgan fingerprint density at radius 3 is 2.61 bits per heavy atom. The van der Waals surface area contributed by atoms with Crippen molar-refractivity contribution in [1.82, 2.24) is 10.2 Å². The highest BCUT2D eigenvalue weighted by molar-refractivity contribution is 5.58. The van der Waals surface area contributed by atoms with Gasteiger partial charge < -0.3 is 9.64 Å². The van der Waals surface area contributed by atoms with E-state index in [9.17, 15) is 5.26 Å². The molecule has 1 fully saturated rings. The van der Waals surface area contributed by atoms with Crippen molar-refractivity contribution >= 4 is 5.82 Å². The fourth-order valence-electron chi connectivity index (χ4n) is 2.93. The highest BCUT2D eigenvalue weighted by atomic mass is 16.5. The Hall–Kier alpha value is -2.45. The first-order valence-electron chi connectivity index (χ1n) is 7.79. The molecule has 2 aromatic rings. The lowest BCUT2D eigenvalue weighted by molar-refractivity contribution is -0.0176. The van der Waals surface area contributed by atoms with Crippen LogP contribution in [-0.4, -0.2) is 29.4 Å². The number of anilines is 1. The zero-order valence-corrected chi connectivity index (χ0v) is 13.7. The van der Waals surface area contributed by atoms with E-state index in [1.165, 1.54) is 0 Å². The van der Waals surface area contributed by atoms with Crippen LogP contribution >= 0.6 is 0 Å². The highest BCUT2D eigenvalue weighted by Crippen LogP contribution is 2.30. The standard InChI is InChI=1S/C18H20N4O/c1-12-10-22(11-17(23-12)15-7-5-4-6-8-15)18-16(9-19)13(2)14(3)20-21-18/h4-8,12,17H,10-11H2,1-3H3/t12-,17-/m1/s1. The maximum absolute atomic E-state index is 9.53. The van der Waals surface area contributed by atoms with Crippen molar-refractivity contribution in [3.8, 4) is 6.07 Å². The molecule has 118 valence electrons. The van der Waals surface area contributed by atoms with E-state index in [1.54, 1.807) is 0 Å². The highest BCUT2D eigenvalue weighted by Gasteiger charge is 2.29. The second-order valence-corrected chi connectivity index (χ2v) is 5.97. The van der Waals surface area contributed by atoms with E-state index >= 15 is 0 Å². The first kappa shape index (κ1) is 15.4. The molecule has 23 heavy (non-hydrogen) atoms. The van der Waals surface area contributed by atoms with Gasteiger partial charge in [0.25, 0.3) is 0 Å². The predicted molar refractivity (Wildman–Crippen MR) is 88.2 cm³/mol. The predicted octanol–water partition coefficient (Wildman–Crippen LogP) is 2.93. The fraction of sp³-hybridized carbons (Fsp3) is 0.389. The summed E-state index contributed by atoms with van der Waals surface area (Å²) in [5, 5.41) is 18.0. The van der Waals surface area contributed by atoms with Crippen LogP contribution in [0.4, 0.5) is 5.82 Å². The third-order valence-electron chi connectivity index (χ3n) is 4.28. The summed E-state index contributed by atoms with van der Waals surface area (Å²) in [7, 11) is 0. The molecule has 5 heteroatoms. The lowest BCUT2D eigenvalue weighted by Gasteiger charge is -2.38. The maximum atomic E-state index is 9.53. The monoisotopic (exact) mass is 308 g/mol. The fourth-order valence-corrected chi connectivity index (χ4v) is 2.93. The smallest absolute Gasteiger partial charge is 0.169 e. The number of hydrogen-bond acceptors (Lipinski definition) is 5. The number of ether oxygens (including phenoxy) is 1. The third-order valence-corrected chi connectivity index (χ3v) is 4.28. The Morgan fingerprint density at radius 2 is 1.91 bits per heavy atom. The summed E-state index contributed by atoms with van der Waals surface area (Å²) in [5.74, 6) is 0.659. The molecule has 0 N–H and O–H groups in total. The van der Waals surface area contributed by atoms with Gasteiger partial charge in [0, 0.05) is 13.1 Å². The quantitative estimate of drug-likeness (QED) is 0.853. The number of rotatable bonds is 2. The summed E-state index contributed by atoms with van der Waals surface area (Å²) in [6, 6.07) is 12.4. The van der Waals surface area contributed by atoms with E-state index < -0.39 is 0 Å². The average molecular weight is 308 g/mol. The number of benzene rings is 1. The van der Waals surface area contributed by atoms with Crippen LogP contribution in [0.25, 0.3) is 0 Å². The van der Waals surface area contributed by atoms with Gasteiger partial charge in [0.2, 0.25) is 0 Å². The Bertz CT molecular complexity index is 739. The molecule has 0 unspecified atom stereocenters. The second kappa shape index (κ2) is 6.35. The SMILES string of the molecule is Cc1nnc(N2C[C@@H](C)O[C@@H](c3ccccc3)C2)c(C#N)c1C. The van der Waals surface area contributed by atoms with Crippen molar-refractivity contribution in [3.05, 3.63) is 52.7 Å². The minimum atomic E-state index is -0.0325. The molecule has 0 amide bonds. The topological polar surface area (TPSA) is 62.0 Å². The van der Waals surface area contributed by atoms with Gasteiger partial charge in [0.05, 0.1) is 11.8 Å². The molecule has 1 aromatic heterocycles. The molecule has 0 aliphatic carbocycles. The van der Waals surface area contributed by atoms with Gasteiger partial charge in [-0.3, -0.25) is 0 Å². The minimum absolute atomic E-state index is 0.0325. The van der Waals surface area contributed by atoms with E-state index in [0.29, 0.717) is 24.5 Å². The summed E-state index contributed by atoms with van der Waals surface area (Å²) < 4.78 is 6.08. The minimum Gasteiger partial charge on any atom is -0.367 e. The molecule has 5 nitrogen and oxygen atoms in total. The molecule has 3 rings (SSSR count). The summed E-state index contributed by atoms with van der Waals surface area (Å²) in [6.07, 6.45) is 0.0267. The van der Waals surface area contributed by atoms with Crippen molar-refractivity contribution in [2.24, 2.45) is 0 Å². The van der Waals surface area contributed by atoms with E-state index in [-0.39, 0.29) is 12.2 Å². The second-order valence-electron chi connectivity index (χ2n) is 5.97. The van der Waals surface area contributed by atoms with Gasteiger partial charge >= 0.3 is 0 Å². The number of nitrogens with zero attached hydrogens (tertiary/aromatic N) is 4. The van der Waals surface area contributed by atoms with Crippen molar-refractivity contribution in [3.63, 3.8) is 0 Å². The zero-order valence-electron chi connectivity index (χ0n) is 13.7. The third kappa shape index (κ3) is 3.03. The van der Waals surface area contributed by atoms with E-state index in [1.807, 2.05) is 39.0 Å². The Balaban J connectivity index is 1.94. The molecular weight excluding hydrogens is 288 g/mol. The van der Waals surface area contributed by atoms with Gasteiger partial charge in [-0.15, -0.1) is 5.10 Å². The largest absolute Gasteiger partial charge is 0.367 e. The first-order valence-corrected chi connectivity index (χ1v) is 7.79. The van der Waals surface area contributed by atoms with Crippen molar-refractivity contribution in [2.75, 3.05) is 18.0 Å². The average Bonchev–Trinajstić information content (AvgIpc) is 2.57. The lowest BCUT2D eigenvalue weighted by Crippen LogP contribution is -2.43. The van der Waals surface area contributed by atoms with Crippen LogP contribution < -0.4 is 4.90 Å². The van der Waals surface area contributed by atoms with Crippen molar-refractivity contribution in [1.29, 1.82) is 5.26 Å². The number of hydrogen-bond donors (Lipinski definition) is 0. The van der Waals surface area contributed by atoms with Crippen molar-refractivity contribution in [2.45, 2.75) is 33.0 Å². The summed E-state index contributed by atoms with van der Waals surface area (Å²) in [4.78, 5) is 2.11. The number of aromatic nitrogens is 2. The van der Waals surface area contributed by atoms with Crippen LogP contribution in [0.5, 0.6) is 0 Å². The summed E-state index contributed by atoms with van der Waals surface area (Å²) in [6.45, 7) is 7.21. The van der Waals surface area contributed by atoms with Crippen molar-refractivity contribution < 1.29 is 4.74 Å². The lowest BCUT2D eigenvalue weighted by atomic mass is 10.1. The Kier molecular flexibility index (Phi) is 4.26. The first-order chi connectivity index (χ1) is 11.1. The normalized spacial score (nSPS) is 21.0. The molecular formula is C18H20N4O. The van der Waals surface area contributed by atoms with Gasteiger partial charge in [0.15, 0.2) is 5.82 Å².